The Morgan fingerprint density at radius 2 is 2.09 bits per heavy atom. The Labute approximate surface area is 138 Å². The fourth-order valence-corrected chi connectivity index (χ4v) is 2.21. The molecule has 0 fully saturated rings. The highest BCUT2D eigenvalue weighted by atomic mass is 79.9. The predicted molar refractivity (Wildman–Crippen MR) is 91.3 cm³/mol. The molecule has 0 saturated heterocycles. The van der Waals surface area contributed by atoms with Gasteiger partial charge in [-0.15, -0.1) is 0 Å². The van der Waals surface area contributed by atoms with E-state index >= 15 is 0 Å². The zero-order valence-corrected chi connectivity index (χ0v) is 13.9. The number of nitrogens with zero attached hydrogens (tertiary/aromatic N) is 1. The maximum absolute atomic E-state index is 12.1. The number of methoxy groups -OCH3 is 1. The van der Waals surface area contributed by atoms with Gasteiger partial charge in [-0.05, 0) is 46.6 Å². The van der Waals surface area contributed by atoms with Gasteiger partial charge in [-0.3, -0.25) is 4.79 Å². The Morgan fingerprint density at radius 1 is 1.27 bits per heavy atom. The van der Waals surface area contributed by atoms with E-state index in [-0.39, 0.29) is 5.91 Å². The van der Waals surface area contributed by atoms with E-state index in [4.69, 9.17) is 4.74 Å². The van der Waals surface area contributed by atoms with E-state index < -0.39 is 0 Å². The monoisotopic (exact) mass is 363 g/mol. The lowest BCUT2D eigenvalue weighted by molar-refractivity contribution is 0.102. The van der Waals surface area contributed by atoms with Gasteiger partial charge in [-0.2, -0.15) is 0 Å². The number of carbonyl (C=O) groups excluding carboxylic acids is 1. The van der Waals surface area contributed by atoms with Crippen LogP contribution in [0, 0.1) is 0 Å². The van der Waals surface area contributed by atoms with Gasteiger partial charge in [-0.1, -0.05) is 12.1 Å². The van der Waals surface area contributed by atoms with Crippen LogP contribution in [-0.2, 0) is 4.74 Å². The van der Waals surface area contributed by atoms with Crippen LogP contribution < -0.4 is 10.6 Å². The van der Waals surface area contributed by atoms with E-state index in [9.17, 15) is 4.79 Å². The highest BCUT2D eigenvalue weighted by molar-refractivity contribution is 9.10. The minimum absolute atomic E-state index is 0.238. The summed E-state index contributed by atoms with van der Waals surface area (Å²) in [7, 11) is 1.68. The number of amides is 1. The van der Waals surface area contributed by atoms with Gasteiger partial charge in [0.1, 0.15) is 5.69 Å². The molecule has 0 aliphatic carbocycles. The van der Waals surface area contributed by atoms with Gasteiger partial charge in [0.2, 0.25) is 0 Å². The van der Waals surface area contributed by atoms with Crippen LogP contribution in [0.1, 0.15) is 16.9 Å². The van der Waals surface area contributed by atoms with Crippen molar-refractivity contribution in [3.8, 4) is 0 Å². The third-order valence-corrected chi connectivity index (χ3v) is 3.66. The van der Waals surface area contributed by atoms with Crippen LogP contribution in [0.5, 0.6) is 0 Å². The molecule has 0 radical (unpaired) electrons. The number of ether oxygens (including phenoxy) is 1. The molecule has 6 heteroatoms. The standard InChI is InChI=1S/C16H18BrN3O2/c1-22-10-4-9-18-12-7-8-15(19-11-12)16(21)20-14-6-3-2-5-13(14)17/h2-3,5-8,11,18H,4,9-10H2,1H3,(H,20,21). The summed E-state index contributed by atoms with van der Waals surface area (Å²) in [5.74, 6) is -0.238. The Bertz CT molecular complexity index is 617. The number of aromatic nitrogens is 1. The molecule has 1 aromatic carbocycles. The molecule has 0 aliphatic rings. The highest BCUT2D eigenvalue weighted by Crippen LogP contribution is 2.21. The molecule has 0 unspecified atom stereocenters. The smallest absolute Gasteiger partial charge is 0.274 e. The summed E-state index contributed by atoms with van der Waals surface area (Å²) in [5, 5.41) is 6.04. The maximum Gasteiger partial charge on any atom is 0.274 e. The van der Waals surface area contributed by atoms with Crippen molar-refractivity contribution >= 4 is 33.2 Å². The van der Waals surface area contributed by atoms with Crippen LogP contribution in [0.15, 0.2) is 47.1 Å². The number of benzene rings is 1. The number of nitrogens with one attached hydrogen (secondary N) is 2. The normalized spacial score (nSPS) is 10.3. The van der Waals surface area contributed by atoms with Crippen molar-refractivity contribution in [2.45, 2.75) is 6.42 Å². The van der Waals surface area contributed by atoms with Crippen molar-refractivity contribution < 1.29 is 9.53 Å². The number of carbonyl (C=O) groups is 1. The topological polar surface area (TPSA) is 63.2 Å². The second-order valence-electron chi connectivity index (χ2n) is 4.64. The van der Waals surface area contributed by atoms with E-state index in [1.807, 2.05) is 30.3 Å². The van der Waals surface area contributed by atoms with Crippen LogP contribution in [0.4, 0.5) is 11.4 Å². The van der Waals surface area contributed by atoms with Crippen LogP contribution >= 0.6 is 15.9 Å². The average Bonchev–Trinajstić information content (AvgIpc) is 2.54. The first-order valence-corrected chi connectivity index (χ1v) is 7.75. The molecule has 0 atom stereocenters. The van der Waals surface area contributed by atoms with E-state index in [1.165, 1.54) is 0 Å². The largest absolute Gasteiger partial charge is 0.385 e. The van der Waals surface area contributed by atoms with Crippen molar-refractivity contribution in [1.82, 2.24) is 4.98 Å². The zero-order valence-electron chi connectivity index (χ0n) is 12.3. The number of pyridine rings is 1. The predicted octanol–water partition coefficient (Wildman–Crippen LogP) is 3.54. The summed E-state index contributed by atoms with van der Waals surface area (Å²) in [6.07, 6.45) is 2.57. The fourth-order valence-electron chi connectivity index (χ4n) is 1.83. The van der Waals surface area contributed by atoms with E-state index in [0.29, 0.717) is 12.3 Å². The molecule has 0 bridgehead atoms. The van der Waals surface area contributed by atoms with E-state index in [0.717, 1.165) is 28.8 Å². The minimum Gasteiger partial charge on any atom is -0.385 e. The molecule has 1 aromatic heterocycles. The van der Waals surface area contributed by atoms with Crippen LogP contribution in [0.25, 0.3) is 0 Å². The molecule has 2 N–H and O–H groups in total. The second-order valence-corrected chi connectivity index (χ2v) is 5.49. The number of hydrogen-bond acceptors (Lipinski definition) is 4. The fraction of sp³-hybridized carbons (Fsp3) is 0.250. The lowest BCUT2D eigenvalue weighted by atomic mass is 10.3. The van der Waals surface area contributed by atoms with Crippen molar-refractivity contribution in [3.63, 3.8) is 0 Å². The number of halogens is 1. The average molecular weight is 364 g/mol. The molecule has 0 saturated carbocycles. The summed E-state index contributed by atoms with van der Waals surface area (Å²) in [6, 6.07) is 11.0. The Morgan fingerprint density at radius 3 is 2.77 bits per heavy atom. The summed E-state index contributed by atoms with van der Waals surface area (Å²) in [4.78, 5) is 16.3. The van der Waals surface area contributed by atoms with Gasteiger partial charge in [0.25, 0.3) is 5.91 Å². The van der Waals surface area contributed by atoms with Crippen molar-refractivity contribution in [2.24, 2.45) is 0 Å². The van der Waals surface area contributed by atoms with Crippen molar-refractivity contribution in [2.75, 3.05) is 30.9 Å². The third-order valence-electron chi connectivity index (χ3n) is 2.97. The Hall–Kier alpha value is -1.92. The first-order valence-electron chi connectivity index (χ1n) is 6.95. The van der Waals surface area contributed by atoms with Crippen LogP contribution in [-0.4, -0.2) is 31.2 Å². The summed E-state index contributed by atoms with van der Waals surface area (Å²) < 4.78 is 5.82. The van der Waals surface area contributed by atoms with Gasteiger partial charge >= 0.3 is 0 Å². The quantitative estimate of drug-likeness (QED) is 0.738. The van der Waals surface area contributed by atoms with E-state index in [2.05, 4.69) is 31.5 Å². The molecule has 22 heavy (non-hydrogen) atoms. The summed E-state index contributed by atoms with van der Waals surface area (Å²) >= 11 is 3.39. The van der Waals surface area contributed by atoms with Gasteiger partial charge < -0.3 is 15.4 Å². The third kappa shape index (κ3) is 4.82. The molecule has 1 heterocycles. The van der Waals surface area contributed by atoms with Gasteiger partial charge in [0.05, 0.1) is 17.6 Å². The first kappa shape index (κ1) is 16.5. The highest BCUT2D eigenvalue weighted by Gasteiger charge is 2.09. The SMILES string of the molecule is COCCCNc1ccc(C(=O)Nc2ccccc2Br)nc1. The first-order chi connectivity index (χ1) is 10.7. The molecule has 116 valence electrons. The van der Waals surface area contributed by atoms with Crippen LogP contribution in [0.2, 0.25) is 0 Å². The maximum atomic E-state index is 12.1. The van der Waals surface area contributed by atoms with Gasteiger partial charge in [0.15, 0.2) is 0 Å². The van der Waals surface area contributed by atoms with Gasteiger partial charge in [0, 0.05) is 24.7 Å². The number of hydrogen-bond donors (Lipinski definition) is 2. The molecule has 2 rings (SSSR count). The lowest BCUT2D eigenvalue weighted by Crippen LogP contribution is -2.14. The molecular formula is C16H18BrN3O2. The van der Waals surface area contributed by atoms with Gasteiger partial charge in [-0.25, -0.2) is 4.98 Å². The molecule has 0 spiro atoms. The Kier molecular flexibility index (Phi) is 6.36. The lowest BCUT2D eigenvalue weighted by Gasteiger charge is -2.08. The van der Waals surface area contributed by atoms with Crippen molar-refractivity contribution in [1.29, 1.82) is 0 Å². The molecule has 1 amide bonds. The molecule has 0 aliphatic heterocycles. The number of rotatable bonds is 7. The molecule has 2 aromatic rings. The molecular weight excluding hydrogens is 346 g/mol. The second kappa shape index (κ2) is 8.51. The number of para-hydroxylation sites is 1. The minimum atomic E-state index is -0.238. The van der Waals surface area contributed by atoms with Crippen LogP contribution in [0.3, 0.4) is 0 Å². The number of anilines is 2. The van der Waals surface area contributed by atoms with Crippen molar-refractivity contribution in [3.05, 3.63) is 52.8 Å². The summed E-state index contributed by atoms with van der Waals surface area (Å²) in [6.45, 7) is 1.52. The summed E-state index contributed by atoms with van der Waals surface area (Å²) in [5.41, 5.74) is 1.97. The zero-order chi connectivity index (χ0) is 15.8. The Balaban J connectivity index is 1.92. The van der Waals surface area contributed by atoms with E-state index in [1.54, 1.807) is 19.4 Å². The molecule has 5 nitrogen and oxygen atoms in total.